The number of anilines is 1. The molecule has 2 aromatic rings. The van der Waals surface area contributed by atoms with Crippen molar-refractivity contribution in [2.75, 3.05) is 51.2 Å². The first-order valence-electron chi connectivity index (χ1n) is 8.67. The molecule has 3 rings (SSSR count). The largest absolute Gasteiger partial charge is 0.352 e. The van der Waals surface area contributed by atoms with E-state index in [9.17, 15) is 5.26 Å². The van der Waals surface area contributed by atoms with E-state index in [2.05, 4.69) is 68.1 Å². The topological polar surface area (TPSA) is 59.3 Å². The normalized spacial score (nSPS) is 15.3. The number of likely N-dealkylation sites (N-methyl/N-ethyl adjacent to an activating group) is 1. The zero-order chi connectivity index (χ0) is 17.5. The van der Waals surface area contributed by atoms with E-state index in [0.29, 0.717) is 11.5 Å². The van der Waals surface area contributed by atoms with E-state index in [1.165, 1.54) is 5.56 Å². The van der Waals surface area contributed by atoms with E-state index < -0.39 is 0 Å². The van der Waals surface area contributed by atoms with Crippen molar-refractivity contribution in [1.29, 1.82) is 5.26 Å². The number of hydrogen-bond acceptors (Lipinski definition) is 6. The lowest BCUT2D eigenvalue weighted by atomic mass is 10.2. The van der Waals surface area contributed by atoms with Gasteiger partial charge in [0.15, 0.2) is 11.5 Å². The van der Waals surface area contributed by atoms with Crippen LogP contribution < -0.4 is 4.90 Å². The first-order valence-corrected chi connectivity index (χ1v) is 8.67. The zero-order valence-corrected chi connectivity index (χ0v) is 14.7. The summed E-state index contributed by atoms with van der Waals surface area (Å²) in [7, 11) is 2.17. The third kappa shape index (κ3) is 4.75. The summed E-state index contributed by atoms with van der Waals surface area (Å²) in [5.74, 6) is 0.714. The highest BCUT2D eigenvalue weighted by Crippen LogP contribution is 2.16. The molecule has 0 unspecified atom stereocenters. The minimum absolute atomic E-state index is 0.415. The van der Waals surface area contributed by atoms with Crippen LogP contribution in [0.3, 0.4) is 0 Å². The number of nitrogens with zero attached hydrogens (tertiary/aromatic N) is 6. The number of nitriles is 1. The summed E-state index contributed by atoms with van der Waals surface area (Å²) in [6.07, 6.45) is 3.22. The molecule has 0 radical (unpaired) electrons. The van der Waals surface area contributed by atoms with E-state index >= 15 is 0 Å². The van der Waals surface area contributed by atoms with Crippen LogP contribution in [0.5, 0.6) is 0 Å². The quantitative estimate of drug-likeness (QED) is 0.799. The predicted molar refractivity (Wildman–Crippen MR) is 98.2 cm³/mol. The van der Waals surface area contributed by atoms with Crippen LogP contribution in [0.25, 0.3) is 0 Å². The molecule has 0 atom stereocenters. The van der Waals surface area contributed by atoms with Crippen molar-refractivity contribution in [2.24, 2.45) is 0 Å². The second-order valence-corrected chi connectivity index (χ2v) is 6.39. The number of benzene rings is 1. The van der Waals surface area contributed by atoms with E-state index in [1.807, 2.05) is 0 Å². The van der Waals surface area contributed by atoms with Gasteiger partial charge in [0.25, 0.3) is 0 Å². The van der Waals surface area contributed by atoms with Crippen molar-refractivity contribution in [3.05, 3.63) is 54.0 Å². The molecule has 0 amide bonds. The lowest BCUT2D eigenvalue weighted by Crippen LogP contribution is -2.48. The van der Waals surface area contributed by atoms with Crippen molar-refractivity contribution in [3.63, 3.8) is 0 Å². The van der Waals surface area contributed by atoms with Gasteiger partial charge in [-0.2, -0.15) is 5.26 Å². The van der Waals surface area contributed by atoms with Gasteiger partial charge in [-0.05, 0) is 12.6 Å². The first-order chi connectivity index (χ1) is 12.3. The Morgan fingerprint density at radius 1 is 1.08 bits per heavy atom. The molecular weight excluding hydrogens is 312 g/mol. The van der Waals surface area contributed by atoms with Crippen LogP contribution in [-0.4, -0.2) is 66.1 Å². The Hall–Kier alpha value is -2.49. The molecule has 0 bridgehead atoms. The average molecular weight is 336 g/mol. The van der Waals surface area contributed by atoms with Gasteiger partial charge in [0.2, 0.25) is 0 Å². The third-order valence-corrected chi connectivity index (χ3v) is 4.55. The highest BCUT2D eigenvalue weighted by Gasteiger charge is 2.20. The lowest BCUT2D eigenvalue weighted by Gasteiger charge is -2.36. The zero-order valence-electron chi connectivity index (χ0n) is 14.7. The van der Waals surface area contributed by atoms with Crippen LogP contribution in [0.4, 0.5) is 5.82 Å². The minimum atomic E-state index is 0.415. The van der Waals surface area contributed by atoms with Crippen molar-refractivity contribution in [3.8, 4) is 6.07 Å². The Labute approximate surface area is 149 Å². The fourth-order valence-corrected chi connectivity index (χ4v) is 3.11. The van der Waals surface area contributed by atoms with Crippen molar-refractivity contribution >= 4 is 5.82 Å². The van der Waals surface area contributed by atoms with Crippen LogP contribution in [0.2, 0.25) is 0 Å². The lowest BCUT2D eigenvalue weighted by molar-refractivity contribution is 0.212. The molecule has 1 aliphatic rings. The Bertz CT molecular complexity index is 703. The van der Waals surface area contributed by atoms with Crippen molar-refractivity contribution in [1.82, 2.24) is 19.8 Å². The molecule has 1 aromatic heterocycles. The summed E-state index contributed by atoms with van der Waals surface area (Å²) in [5.41, 5.74) is 1.76. The molecule has 1 fully saturated rings. The Balaban J connectivity index is 1.44. The number of hydrogen-bond donors (Lipinski definition) is 0. The SMILES string of the molecule is CN(CCN1CCN(c2nccnc2C#N)CC1)Cc1ccccc1. The molecule has 6 nitrogen and oxygen atoms in total. The Morgan fingerprint density at radius 2 is 1.80 bits per heavy atom. The molecule has 0 spiro atoms. The van der Waals surface area contributed by atoms with E-state index in [4.69, 9.17) is 0 Å². The van der Waals surface area contributed by atoms with Gasteiger partial charge >= 0.3 is 0 Å². The third-order valence-electron chi connectivity index (χ3n) is 4.55. The molecule has 1 saturated heterocycles. The summed E-state index contributed by atoms with van der Waals surface area (Å²) in [6, 6.07) is 12.7. The maximum absolute atomic E-state index is 9.17. The molecular formula is C19H24N6. The van der Waals surface area contributed by atoms with Gasteiger partial charge in [-0.1, -0.05) is 30.3 Å². The summed E-state index contributed by atoms with van der Waals surface area (Å²) >= 11 is 0. The Morgan fingerprint density at radius 3 is 2.52 bits per heavy atom. The molecule has 0 aliphatic carbocycles. The van der Waals surface area contributed by atoms with Crippen LogP contribution in [0.15, 0.2) is 42.7 Å². The fraction of sp³-hybridized carbons (Fsp3) is 0.421. The molecule has 25 heavy (non-hydrogen) atoms. The summed E-state index contributed by atoms with van der Waals surface area (Å²) in [6.45, 7) is 6.82. The molecule has 0 N–H and O–H groups in total. The average Bonchev–Trinajstić information content (AvgIpc) is 2.67. The molecule has 6 heteroatoms. The summed E-state index contributed by atoms with van der Waals surface area (Å²) in [5, 5.41) is 9.17. The highest BCUT2D eigenvalue weighted by molar-refractivity contribution is 5.49. The van der Waals surface area contributed by atoms with Crippen LogP contribution >= 0.6 is 0 Å². The van der Waals surface area contributed by atoms with Crippen molar-refractivity contribution in [2.45, 2.75) is 6.54 Å². The molecule has 0 saturated carbocycles. The van der Waals surface area contributed by atoms with Crippen LogP contribution in [-0.2, 0) is 6.54 Å². The van der Waals surface area contributed by atoms with Gasteiger partial charge in [-0.3, -0.25) is 4.90 Å². The minimum Gasteiger partial charge on any atom is -0.352 e. The standard InChI is InChI=1S/C19H24N6/c1-23(16-17-5-3-2-4-6-17)9-10-24-11-13-25(14-12-24)19-18(15-20)21-7-8-22-19/h2-8H,9-14,16H2,1H3. The number of rotatable bonds is 6. The smallest absolute Gasteiger partial charge is 0.183 e. The van der Waals surface area contributed by atoms with Crippen LogP contribution in [0, 0.1) is 11.3 Å². The van der Waals surface area contributed by atoms with Gasteiger partial charge in [0, 0.05) is 58.2 Å². The summed E-state index contributed by atoms with van der Waals surface area (Å²) in [4.78, 5) is 15.4. The molecule has 1 aliphatic heterocycles. The number of aromatic nitrogens is 2. The molecule has 1 aromatic carbocycles. The fourth-order valence-electron chi connectivity index (χ4n) is 3.11. The number of piperazine rings is 1. The monoisotopic (exact) mass is 336 g/mol. The van der Waals surface area contributed by atoms with E-state index in [-0.39, 0.29) is 0 Å². The van der Waals surface area contributed by atoms with Crippen molar-refractivity contribution < 1.29 is 0 Å². The maximum Gasteiger partial charge on any atom is 0.183 e. The van der Waals surface area contributed by atoms with Gasteiger partial charge in [0.1, 0.15) is 6.07 Å². The summed E-state index contributed by atoms with van der Waals surface area (Å²) < 4.78 is 0. The second-order valence-electron chi connectivity index (χ2n) is 6.39. The van der Waals surface area contributed by atoms with E-state index in [1.54, 1.807) is 12.4 Å². The van der Waals surface area contributed by atoms with Gasteiger partial charge in [0.05, 0.1) is 0 Å². The van der Waals surface area contributed by atoms with Crippen LogP contribution in [0.1, 0.15) is 11.3 Å². The Kier molecular flexibility index (Phi) is 5.94. The van der Waals surface area contributed by atoms with E-state index in [0.717, 1.165) is 45.8 Å². The predicted octanol–water partition coefficient (Wildman–Crippen LogP) is 1.60. The molecule has 130 valence electrons. The highest BCUT2D eigenvalue weighted by atomic mass is 15.3. The second kappa shape index (κ2) is 8.56. The van der Waals surface area contributed by atoms with Gasteiger partial charge in [-0.25, -0.2) is 9.97 Å². The molecule has 2 heterocycles. The first kappa shape index (κ1) is 17.3. The maximum atomic E-state index is 9.17. The van der Waals surface area contributed by atoms with Gasteiger partial charge < -0.3 is 9.80 Å². The van der Waals surface area contributed by atoms with Gasteiger partial charge in [-0.15, -0.1) is 0 Å².